The molecule has 0 fully saturated rings. The number of hydrogen-bond acceptors (Lipinski definition) is 7. The zero-order valence-corrected chi connectivity index (χ0v) is 31.7. The van der Waals surface area contributed by atoms with E-state index in [9.17, 15) is 22.6 Å². The molecule has 0 aromatic heterocycles. The number of hydrogen-bond donors (Lipinski definition) is 0. The molecule has 0 heterocycles. The second-order valence-corrected chi connectivity index (χ2v) is 15.7. The molecule has 0 aliphatic rings. The highest BCUT2D eigenvalue weighted by atomic mass is 127. The van der Waals surface area contributed by atoms with Crippen molar-refractivity contribution in [2.45, 2.75) is 4.90 Å². The number of carbonyl (C=O) groups is 2. The molecule has 5 aromatic rings. The molecule has 0 bridgehead atoms. The number of rotatable bonds is 5. The molecule has 0 radical (unpaired) electrons. The van der Waals surface area contributed by atoms with Crippen LogP contribution < -0.4 is 9.47 Å². The van der Waals surface area contributed by atoms with Gasteiger partial charge < -0.3 is 14.0 Å². The second kappa shape index (κ2) is 12.6. The minimum Gasteiger partial charge on any atom is -0.744 e. The van der Waals surface area contributed by atoms with Crippen LogP contribution in [0.5, 0.6) is 11.5 Å². The van der Waals surface area contributed by atoms with Crippen molar-refractivity contribution in [3.05, 3.63) is 102 Å². The number of halogens is 5. The largest absolute Gasteiger partial charge is 0.744 e. The van der Waals surface area contributed by atoms with Crippen LogP contribution in [-0.4, -0.2) is 24.9 Å². The first kappa shape index (κ1) is 31.5. The lowest BCUT2D eigenvalue weighted by Crippen LogP contribution is -2.20. The molecule has 0 aliphatic carbocycles. The number of fused-ring (bicyclic) bond motifs is 3. The van der Waals surface area contributed by atoms with Crippen molar-refractivity contribution in [2.24, 2.45) is 0 Å². The topological polar surface area (TPSA) is 110 Å². The summed E-state index contributed by atoms with van der Waals surface area (Å²) in [6.45, 7) is 0. The van der Waals surface area contributed by atoms with Crippen molar-refractivity contribution in [3.8, 4) is 11.5 Å². The van der Waals surface area contributed by atoms with E-state index in [1.807, 2.05) is 36.4 Å². The van der Waals surface area contributed by atoms with Crippen molar-refractivity contribution in [1.82, 2.24) is 0 Å². The van der Waals surface area contributed by atoms with Crippen LogP contribution in [0, 0.1) is 17.9 Å². The molecule has 41 heavy (non-hydrogen) atoms. The van der Waals surface area contributed by atoms with Crippen LogP contribution in [0.2, 0.25) is 0 Å². The van der Waals surface area contributed by atoms with Gasteiger partial charge in [-0.3, -0.25) is 0 Å². The molecule has 7 nitrogen and oxygen atoms in total. The zero-order valence-electron chi connectivity index (χ0n) is 20.1. The predicted octanol–water partition coefficient (Wildman–Crippen LogP) is 8.36. The molecule has 0 amide bonds. The summed E-state index contributed by atoms with van der Waals surface area (Å²) in [7, 11) is -4.74. The van der Waals surface area contributed by atoms with Gasteiger partial charge in [0.2, 0.25) is 0 Å². The van der Waals surface area contributed by atoms with Crippen molar-refractivity contribution in [2.75, 3.05) is 0 Å². The smallest absolute Gasteiger partial charge is 0.345 e. The van der Waals surface area contributed by atoms with Crippen LogP contribution >= 0.6 is 113 Å². The van der Waals surface area contributed by atoms with Gasteiger partial charge in [-0.05, 0) is 159 Å². The molecule has 0 saturated carbocycles. The lowest BCUT2D eigenvalue weighted by molar-refractivity contribution is 0.0693. The molecule has 208 valence electrons. The summed E-state index contributed by atoms with van der Waals surface area (Å²) in [4.78, 5) is 27.5. The number of benzene rings is 5. The molecule has 0 aliphatic heterocycles. The monoisotopic (exact) mass is 1130 g/mol. The maximum Gasteiger partial charge on any atom is 0.345 e. The summed E-state index contributed by atoms with van der Waals surface area (Å²) in [6.07, 6.45) is 0. The first-order valence-corrected chi connectivity index (χ1v) is 18.1. The van der Waals surface area contributed by atoms with E-state index in [1.165, 1.54) is 12.1 Å². The standard InChI is InChI=1S/C28H13I5O7S/c29-13-9-19(30)25(20(31)10-13)40-28(35)24-18-8-4-2-6-16(18)15-5-1-3-7-17(15)23(24)27(34)39-14-11-21(32)26(22(33)12-14)41(36,37)38/h1-12H,(H,36,37,38)/p-1. The SMILES string of the molecule is O=C(Oc1cc(I)c(S(=O)(=O)[O-])c(I)c1)c1c(C(=O)Oc2c(I)cc(I)cc2I)c2ccccc2c2ccccc12. The fraction of sp³-hybridized carbons (Fsp3) is 0. The van der Waals surface area contributed by atoms with Gasteiger partial charge in [0.15, 0.2) is 5.75 Å². The number of esters is 2. The average molecular weight is 1130 g/mol. The molecule has 0 N–H and O–H groups in total. The van der Waals surface area contributed by atoms with E-state index in [1.54, 1.807) is 69.4 Å². The van der Waals surface area contributed by atoms with Crippen molar-refractivity contribution in [3.63, 3.8) is 0 Å². The van der Waals surface area contributed by atoms with E-state index in [4.69, 9.17) is 9.47 Å². The molecule has 0 saturated heterocycles. The van der Waals surface area contributed by atoms with Crippen molar-refractivity contribution >= 4 is 157 Å². The second-order valence-electron chi connectivity index (χ2n) is 8.49. The zero-order chi connectivity index (χ0) is 29.6. The Morgan fingerprint density at radius 1 is 0.610 bits per heavy atom. The van der Waals surface area contributed by atoms with Gasteiger partial charge >= 0.3 is 11.9 Å². The maximum absolute atomic E-state index is 14.0. The summed E-state index contributed by atoms with van der Waals surface area (Å²) in [5, 5.41) is 2.49. The van der Waals surface area contributed by atoms with Gasteiger partial charge in [-0.1, -0.05) is 48.5 Å². The Morgan fingerprint density at radius 2 is 1.02 bits per heavy atom. The first-order chi connectivity index (χ1) is 19.4. The molecule has 5 rings (SSSR count). The molecule has 0 spiro atoms. The maximum atomic E-state index is 14.0. The third-order valence-electron chi connectivity index (χ3n) is 5.93. The highest BCUT2D eigenvalue weighted by molar-refractivity contribution is 14.1. The third kappa shape index (κ3) is 6.49. The van der Waals surface area contributed by atoms with Gasteiger partial charge in [0.25, 0.3) is 0 Å². The summed E-state index contributed by atoms with van der Waals surface area (Å²) in [6, 6.07) is 20.8. The van der Waals surface area contributed by atoms with Crippen molar-refractivity contribution in [1.29, 1.82) is 0 Å². The predicted molar refractivity (Wildman–Crippen MR) is 196 cm³/mol. The number of carbonyl (C=O) groups excluding carboxylic acids is 2. The fourth-order valence-electron chi connectivity index (χ4n) is 4.33. The van der Waals surface area contributed by atoms with Gasteiger partial charge in [-0.25, -0.2) is 18.0 Å². The Kier molecular flexibility index (Phi) is 9.71. The van der Waals surface area contributed by atoms with Crippen LogP contribution in [0.25, 0.3) is 21.5 Å². The highest BCUT2D eigenvalue weighted by Crippen LogP contribution is 2.37. The van der Waals surface area contributed by atoms with Crippen LogP contribution in [-0.2, 0) is 10.1 Å². The summed E-state index contributed by atoms with van der Waals surface area (Å²) < 4.78 is 49.5. The molecular formula is C28H12I5O7S-. The van der Waals surface area contributed by atoms with E-state index >= 15 is 0 Å². The van der Waals surface area contributed by atoms with Crippen LogP contribution in [0.1, 0.15) is 20.7 Å². The number of ether oxygens (including phenoxy) is 2. The molecule has 5 aromatic carbocycles. The first-order valence-electron chi connectivity index (χ1n) is 11.3. The molecule has 0 unspecified atom stereocenters. The summed E-state index contributed by atoms with van der Waals surface area (Å²) in [5.74, 6) is -1.16. The average Bonchev–Trinajstić information content (AvgIpc) is 2.88. The van der Waals surface area contributed by atoms with Gasteiger partial charge in [0.1, 0.15) is 15.9 Å². The Labute approximate surface area is 302 Å². The minimum atomic E-state index is -4.74. The van der Waals surface area contributed by atoms with Crippen LogP contribution in [0.4, 0.5) is 0 Å². The lowest BCUT2D eigenvalue weighted by Gasteiger charge is -2.18. The third-order valence-corrected chi connectivity index (χ3v) is 11.5. The minimum absolute atomic E-state index is 0.00497. The van der Waals surface area contributed by atoms with E-state index < -0.39 is 22.1 Å². The lowest BCUT2D eigenvalue weighted by atomic mass is 9.91. The Balaban J connectivity index is 1.71. The van der Waals surface area contributed by atoms with Gasteiger partial charge in [-0.2, -0.15) is 0 Å². The van der Waals surface area contributed by atoms with Gasteiger partial charge in [0, 0.05) is 10.7 Å². The fourth-order valence-corrected chi connectivity index (χ4v) is 12.1. The van der Waals surface area contributed by atoms with E-state index in [0.29, 0.717) is 16.5 Å². The summed E-state index contributed by atoms with van der Waals surface area (Å²) in [5.41, 5.74) is 0.0444. The highest BCUT2D eigenvalue weighted by Gasteiger charge is 2.28. The van der Waals surface area contributed by atoms with E-state index in [0.717, 1.165) is 21.5 Å². The summed E-state index contributed by atoms with van der Waals surface area (Å²) >= 11 is 9.81. The Bertz CT molecular complexity index is 1980. The van der Waals surface area contributed by atoms with Crippen LogP contribution in [0.3, 0.4) is 0 Å². The normalized spacial score (nSPS) is 11.6. The quantitative estimate of drug-likeness (QED) is 0.0573. The molecule has 0 atom stereocenters. The van der Waals surface area contributed by atoms with Gasteiger partial charge in [-0.15, -0.1) is 0 Å². The Morgan fingerprint density at radius 3 is 1.46 bits per heavy atom. The molecule has 13 heteroatoms. The van der Waals surface area contributed by atoms with E-state index in [-0.39, 0.29) is 28.9 Å². The van der Waals surface area contributed by atoms with Gasteiger partial charge in [0.05, 0.1) is 23.2 Å². The van der Waals surface area contributed by atoms with Crippen LogP contribution in [0.15, 0.2) is 77.7 Å². The van der Waals surface area contributed by atoms with E-state index in [2.05, 4.69) is 67.8 Å². The molecular weight excluding hydrogens is 1110 g/mol. The van der Waals surface area contributed by atoms with Crippen molar-refractivity contribution < 1.29 is 32.0 Å². The Hall–Kier alpha value is -0.880.